The van der Waals surface area contributed by atoms with Gasteiger partial charge in [0.05, 0.1) is 36.8 Å². The van der Waals surface area contributed by atoms with Gasteiger partial charge in [0.15, 0.2) is 0 Å². The average molecular weight is 722 g/mol. The minimum absolute atomic E-state index is 0.126. The summed E-state index contributed by atoms with van der Waals surface area (Å²) in [5.74, 6) is 1.39. The zero-order valence-electron chi connectivity index (χ0n) is 30.1. The third-order valence-electron chi connectivity index (χ3n) is 11.2. The number of benzene rings is 2. The predicted octanol–water partition coefficient (Wildman–Crippen LogP) is 5.37. The number of hydrogen-bond donors (Lipinski definition) is 2. The van der Waals surface area contributed by atoms with Crippen LogP contribution in [0, 0.1) is 12.3 Å². The molecule has 4 aliphatic rings. The molecule has 0 saturated carbocycles. The van der Waals surface area contributed by atoms with E-state index < -0.39 is 0 Å². The van der Waals surface area contributed by atoms with E-state index in [0.717, 1.165) is 96.8 Å². The van der Waals surface area contributed by atoms with E-state index in [9.17, 15) is 9.59 Å². The van der Waals surface area contributed by atoms with E-state index in [0.29, 0.717) is 35.4 Å². The average Bonchev–Trinajstić information content (AvgIpc) is 3.73. The Labute approximate surface area is 309 Å². The number of ether oxygens (including phenoxy) is 2. The summed E-state index contributed by atoms with van der Waals surface area (Å²) in [4.78, 5) is 42.2. The molecule has 12 heteroatoms. The first kappa shape index (κ1) is 34.5. The quantitative estimate of drug-likeness (QED) is 0.223. The van der Waals surface area contributed by atoms with Crippen LogP contribution in [0.3, 0.4) is 0 Å². The van der Waals surface area contributed by atoms with Gasteiger partial charge >= 0.3 is 0 Å². The van der Waals surface area contributed by atoms with Crippen LogP contribution in [-0.4, -0.2) is 89.6 Å². The number of nitrogens with one attached hydrogen (secondary N) is 2. The van der Waals surface area contributed by atoms with Gasteiger partial charge in [-0.2, -0.15) is 0 Å². The van der Waals surface area contributed by atoms with Crippen molar-refractivity contribution in [1.29, 1.82) is 0 Å². The van der Waals surface area contributed by atoms with E-state index >= 15 is 0 Å². The lowest BCUT2D eigenvalue weighted by Crippen LogP contribution is -2.72. The first-order chi connectivity index (χ1) is 25.1. The number of aromatic nitrogens is 3. The first-order valence-corrected chi connectivity index (χ1v) is 18.4. The van der Waals surface area contributed by atoms with Crippen molar-refractivity contribution in [3.8, 4) is 45.4 Å². The summed E-state index contributed by atoms with van der Waals surface area (Å²) in [6.45, 7) is 8.63. The zero-order valence-corrected chi connectivity index (χ0v) is 30.8. The third-order valence-corrected chi connectivity index (χ3v) is 11.6. The molecule has 3 aliphatic heterocycles. The van der Waals surface area contributed by atoms with E-state index in [1.165, 1.54) is 5.56 Å². The number of pyridine rings is 1. The van der Waals surface area contributed by atoms with Crippen LogP contribution in [0.4, 0.5) is 0 Å². The molecule has 4 aromatic rings. The number of likely N-dealkylation sites (tertiary alicyclic amines) is 2. The van der Waals surface area contributed by atoms with Crippen LogP contribution in [0.15, 0.2) is 48.7 Å². The fourth-order valence-corrected chi connectivity index (χ4v) is 8.90. The normalized spacial score (nSPS) is 20.3. The SMILES string of the molecule is COc1nc(-c2cccc(-c3cccc(-c4cc5c(c(OC)n4)C(NCC4CCC(=O)N4)CC5)c3C)c2Cl)cnc1CN1CC2(C1)CN(C(C)=O)C2. The van der Waals surface area contributed by atoms with Crippen LogP contribution >= 0.6 is 11.6 Å². The minimum Gasteiger partial charge on any atom is -0.481 e. The topological polar surface area (TPSA) is 122 Å². The van der Waals surface area contributed by atoms with Gasteiger partial charge in [-0.3, -0.25) is 19.5 Å². The molecule has 0 radical (unpaired) electrons. The molecule has 8 rings (SSSR count). The van der Waals surface area contributed by atoms with Crippen LogP contribution in [0.1, 0.15) is 54.6 Å². The second-order valence-corrected chi connectivity index (χ2v) is 15.1. The van der Waals surface area contributed by atoms with E-state index in [2.05, 4.69) is 40.7 Å². The van der Waals surface area contributed by atoms with Crippen molar-refractivity contribution in [2.45, 2.75) is 58.2 Å². The number of halogens is 1. The van der Waals surface area contributed by atoms with Crippen molar-refractivity contribution in [3.63, 3.8) is 0 Å². The molecule has 2 amide bonds. The Kier molecular flexibility index (Phi) is 9.13. The molecule has 2 N–H and O–H groups in total. The summed E-state index contributed by atoms with van der Waals surface area (Å²) in [7, 11) is 3.30. The molecule has 52 heavy (non-hydrogen) atoms. The van der Waals surface area contributed by atoms with Gasteiger partial charge in [-0.25, -0.2) is 9.97 Å². The van der Waals surface area contributed by atoms with Crippen molar-refractivity contribution < 1.29 is 19.1 Å². The number of rotatable bonds is 10. The van der Waals surface area contributed by atoms with Gasteiger partial charge in [0.2, 0.25) is 23.6 Å². The molecule has 2 unspecified atom stereocenters. The maximum atomic E-state index is 11.7. The summed E-state index contributed by atoms with van der Waals surface area (Å²) in [5.41, 5.74) is 9.58. The highest BCUT2D eigenvalue weighted by atomic mass is 35.5. The maximum Gasteiger partial charge on any atom is 0.237 e. The van der Waals surface area contributed by atoms with E-state index in [-0.39, 0.29) is 29.3 Å². The summed E-state index contributed by atoms with van der Waals surface area (Å²) in [5, 5.41) is 7.29. The number of carbonyl (C=O) groups is 2. The van der Waals surface area contributed by atoms with E-state index in [1.54, 1.807) is 27.3 Å². The number of methoxy groups -OCH3 is 2. The summed E-state index contributed by atoms with van der Waals surface area (Å²) < 4.78 is 11.6. The Hall–Kier alpha value is -4.58. The van der Waals surface area contributed by atoms with E-state index in [4.69, 9.17) is 36.0 Å². The monoisotopic (exact) mass is 721 g/mol. The number of hydrogen-bond acceptors (Lipinski definition) is 9. The number of aryl methyl sites for hydroxylation is 1. The van der Waals surface area contributed by atoms with Gasteiger partial charge in [0.1, 0.15) is 5.69 Å². The Morgan fingerprint density at radius 1 is 0.962 bits per heavy atom. The standard InChI is InChI=1S/C40H44ClN7O4/c1-23-27(7-5-8-28(23)32-15-25-11-13-31(36(25)39(45-32)52-4)42-16-26-12-14-35(50)44-26)29-9-6-10-30(37(29)41)33-17-43-34(38(46-33)51-3)18-47-19-40(20-47)21-48(22-40)24(2)49/h5-10,15,17,26,31,42H,11-14,16,18-22H2,1-4H3,(H,44,50). The molecule has 2 atom stereocenters. The Bertz CT molecular complexity index is 2060. The second kappa shape index (κ2) is 13.8. The molecule has 1 aliphatic carbocycles. The molecular weight excluding hydrogens is 678 g/mol. The maximum absolute atomic E-state index is 11.7. The van der Waals surface area contributed by atoms with Crippen LogP contribution in [0.2, 0.25) is 5.02 Å². The molecule has 0 bridgehead atoms. The molecule has 2 aromatic heterocycles. The Balaban J connectivity index is 1.02. The number of fused-ring (bicyclic) bond motifs is 1. The number of nitrogens with zero attached hydrogens (tertiary/aromatic N) is 5. The fourth-order valence-electron chi connectivity index (χ4n) is 8.57. The lowest BCUT2D eigenvalue weighted by atomic mass is 9.73. The van der Waals surface area contributed by atoms with Crippen LogP contribution in [-0.2, 0) is 22.6 Å². The van der Waals surface area contributed by atoms with Crippen LogP contribution in [0.25, 0.3) is 33.6 Å². The Morgan fingerprint density at radius 3 is 2.38 bits per heavy atom. The van der Waals surface area contributed by atoms with Crippen molar-refractivity contribution in [1.82, 2.24) is 35.4 Å². The summed E-state index contributed by atoms with van der Waals surface area (Å²) in [6.07, 6.45) is 5.10. The highest BCUT2D eigenvalue weighted by Gasteiger charge is 2.52. The van der Waals surface area contributed by atoms with Gasteiger partial charge in [-0.05, 0) is 48.9 Å². The van der Waals surface area contributed by atoms with Gasteiger partial charge < -0.3 is 25.0 Å². The largest absolute Gasteiger partial charge is 0.481 e. The Morgan fingerprint density at radius 2 is 1.67 bits per heavy atom. The van der Waals surface area contributed by atoms with Crippen LogP contribution in [0.5, 0.6) is 11.8 Å². The third kappa shape index (κ3) is 6.28. The molecule has 1 spiro atoms. The molecule has 11 nitrogen and oxygen atoms in total. The fraction of sp³-hybridized carbons (Fsp3) is 0.425. The minimum atomic E-state index is 0.126. The first-order valence-electron chi connectivity index (χ1n) is 18.0. The molecule has 5 heterocycles. The summed E-state index contributed by atoms with van der Waals surface area (Å²) >= 11 is 7.20. The lowest BCUT2D eigenvalue weighted by molar-refractivity contribution is -0.157. The van der Waals surface area contributed by atoms with Crippen molar-refractivity contribution in [2.75, 3.05) is 46.9 Å². The molecular formula is C40H44ClN7O4. The molecule has 2 aromatic carbocycles. The highest BCUT2D eigenvalue weighted by Crippen LogP contribution is 2.44. The molecule has 3 fully saturated rings. The van der Waals surface area contributed by atoms with Crippen molar-refractivity contribution in [3.05, 3.63) is 76.1 Å². The smallest absolute Gasteiger partial charge is 0.237 e. The zero-order chi connectivity index (χ0) is 36.1. The van der Waals surface area contributed by atoms with Crippen LogP contribution < -0.4 is 20.1 Å². The number of amides is 2. The van der Waals surface area contributed by atoms with E-state index in [1.807, 2.05) is 29.2 Å². The molecule has 3 saturated heterocycles. The predicted molar refractivity (Wildman–Crippen MR) is 199 cm³/mol. The summed E-state index contributed by atoms with van der Waals surface area (Å²) in [6, 6.07) is 14.7. The van der Waals surface area contributed by atoms with Gasteiger partial charge in [0.25, 0.3) is 0 Å². The van der Waals surface area contributed by atoms with Gasteiger partial charge in [-0.1, -0.05) is 48.0 Å². The molecule has 270 valence electrons. The number of carbonyl (C=O) groups excluding carboxylic acids is 2. The van der Waals surface area contributed by atoms with Gasteiger partial charge in [-0.15, -0.1) is 0 Å². The van der Waals surface area contributed by atoms with Gasteiger partial charge in [0, 0.05) is 92.4 Å². The van der Waals surface area contributed by atoms with Crippen molar-refractivity contribution >= 4 is 23.4 Å². The van der Waals surface area contributed by atoms with Crippen molar-refractivity contribution in [2.24, 2.45) is 5.41 Å². The second-order valence-electron chi connectivity index (χ2n) is 14.8. The highest BCUT2D eigenvalue weighted by molar-refractivity contribution is 6.36. The lowest BCUT2D eigenvalue weighted by Gasteiger charge is -2.60.